The van der Waals surface area contributed by atoms with E-state index in [0.29, 0.717) is 23.8 Å². The van der Waals surface area contributed by atoms with Gasteiger partial charge < -0.3 is 15.4 Å². The number of rotatable bonds is 6. The molecule has 6 nitrogen and oxygen atoms in total. The number of hydrogen-bond acceptors (Lipinski definition) is 5. The molecule has 1 heterocycles. The second kappa shape index (κ2) is 6.88. The molecule has 0 spiro atoms. The van der Waals surface area contributed by atoms with Gasteiger partial charge in [0.1, 0.15) is 11.5 Å². The molecule has 110 valence electrons. The van der Waals surface area contributed by atoms with Crippen molar-refractivity contribution in [3.63, 3.8) is 0 Å². The summed E-state index contributed by atoms with van der Waals surface area (Å²) in [5.41, 5.74) is 2.61. The molecule has 1 fully saturated rings. The van der Waals surface area contributed by atoms with E-state index in [2.05, 4.69) is 10.4 Å². The summed E-state index contributed by atoms with van der Waals surface area (Å²) >= 11 is 6.06. The highest BCUT2D eigenvalue weighted by Gasteiger charge is 2.30. The van der Waals surface area contributed by atoms with Gasteiger partial charge in [-0.25, -0.2) is 10.8 Å². The number of anilines is 1. The van der Waals surface area contributed by atoms with Gasteiger partial charge in [0.05, 0.1) is 5.02 Å². The van der Waals surface area contributed by atoms with Crippen LogP contribution in [0.2, 0.25) is 5.02 Å². The third-order valence-corrected chi connectivity index (χ3v) is 3.83. The van der Waals surface area contributed by atoms with Crippen molar-refractivity contribution in [2.24, 2.45) is 5.84 Å². The summed E-state index contributed by atoms with van der Waals surface area (Å²) in [7, 11) is 0. The SMILES string of the molecule is NNc1ccc(Cl)c(C(=O)N(CCCO)C2CCC2)n1. The van der Waals surface area contributed by atoms with Gasteiger partial charge >= 0.3 is 0 Å². The van der Waals surface area contributed by atoms with E-state index in [4.69, 9.17) is 22.6 Å². The Hall–Kier alpha value is -1.37. The number of amides is 1. The van der Waals surface area contributed by atoms with Gasteiger partial charge in [0.15, 0.2) is 0 Å². The number of hydrazine groups is 1. The highest BCUT2D eigenvalue weighted by Crippen LogP contribution is 2.28. The third kappa shape index (κ3) is 3.20. The molecule has 0 radical (unpaired) electrons. The predicted octanol–water partition coefficient (Wildman–Crippen LogP) is 1.40. The molecule has 20 heavy (non-hydrogen) atoms. The second-order valence-corrected chi connectivity index (χ2v) is 5.24. The third-order valence-electron chi connectivity index (χ3n) is 3.53. The molecule has 1 saturated carbocycles. The summed E-state index contributed by atoms with van der Waals surface area (Å²) in [6.45, 7) is 0.570. The van der Waals surface area contributed by atoms with Crippen molar-refractivity contribution in [1.82, 2.24) is 9.88 Å². The molecule has 1 aliphatic rings. The van der Waals surface area contributed by atoms with Gasteiger partial charge in [0.2, 0.25) is 0 Å². The molecule has 2 rings (SSSR count). The largest absolute Gasteiger partial charge is 0.396 e. The molecular weight excluding hydrogens is 280 g/mol. The summed E-state index contributed by atoms with van der Waals surface area (Å²) in [6, 6.07) is 3.43. The summed E-state index contributed by atoms with van der Waals surface area (Å²) in [5.74, 6) is 5.50. The summed E-state index contributed by atoms with van der Waals surface area (Å²) in [5, 5.41) is 9.28. The molecular formula is C13H19ClN4O2. The Balaban J connectivity index is 2.21. The van der Waals surface area contributed by atoms with Crippen LogP contribution in [0.5, 0.6) is 0 Å². The number of nitrogens with zero attached hydrogens (tertiary/aromatic N) is 2. The van der Waals surface area contributed by atoms with Crippen LogP contribution in [0.4, 0.5) is 5.82 Å². The lowest BCUT2D eigenvalue weighted by Gasteiger charge is -2.37. The quantitative estimate of drug-likeness (QED) is 0.545. The molecule has 7 heteroatoms. The monoisotopic (exact) mass is 298 g/mol. The Morgan fingerprint density at radius 3 is 2.85 bits per heavy atom. The van der Waals surface area contributed by atoms with Crippen molar-refractivity contribution < 1.29 is 9.90 Å². The molecule has 1 amide bonds. The number of carbonyl (C=O) groups is 1. The predicted molar refractivity (Wildman–Crippen MR) is 77.4 cm³/mol. The average molecular weight is 299 g/mol. The highest BCUT2D eigenvalue weighted by atomic mass is 35.5. The van der Waals surface area contributed by atoms with Crippen LogP contribution in [0.1, 0.15) is 36.2 Å². The van der Waals surface area contributed by atoms with E-state index in [9.17, 15) is 4.79 Å². The van der Waals surface area contributed by atoms with E-state index in [1.165, 1.54) is 0 Å². The van der Waals surface area contributed by atoms with Crippen molar-refractivity contribution in [3.8, 4) is 0 Å². The van der Waals surface area contributed by atoms with E-state index in [0.717, 1.165) is 19.3 Å². The van der Waals surface area contributed by atoms with Crippen LogP contribution in [-0.2, 0) is 0 Å². The van der Waals surface area contributed by atoms with Gasteiger partial charge in [0.25, 0.3) is 5.91 Å². The molecule has 4 N–H and O–H groups in total. The van der Waals surface area contributed by atoms with Crippen LogP contribution in [0.15, 0.2) is 12.1 Å². The number of hydrogen-bond donors (Lipinski definition) is 3. The van der Waals surface area contributed by atoms with E-state index in [1.54, 1.807) is 17.0 Å². The summed E-state index contributed by atoms with van der Waals surface area (Å²) < 4.78 is 0. The zero-order valence-electron chi connectivity index (χ0n) is 11.2. The topological polar surface area (TPSA) is 91.5 Å². The number of nitrogens with two attached hydrogens (primary N) is 1. The van der Waals surface area contributed by atoms with Crippen LogP contribution in [0, 0.1) is 0 Å². The number of halogens is 1. The molecule has 1 aromatic heterocycles. The minimum absolute atomic E-state index is 0.0576. The van der Waals surface area contributed by atoms with E-state index >= 15 is 0 Å². The number of aliphatic hydroxyl groups is 1. The minimum atomic E-state index is -0.203. The fraction of sp³-hybridized carbons (Fsp3) is 0.538. The molecule has 0 saturated heterocycles. The van der Waals surface area contributed by atoms with Crippen molar-refractivity contribution in [2.45, 2.75) is 31.7 Å². The number of nitrogen functional groups attached to an aromatic ring is 1. The van der Waals surface area contributed by atoms with E-state index in [1.807, 2.05) is 0 Å². The van der Waals surface area contributed by atoms with Gasteiger partial charge in [-0.2, -0.15) is 0 Å². The van der Waals surface area contributed by atoms with E-state index in [-0.39, 0.29) is 24.2 Å². The number of aliphatic hydroxyl groups excluding tert-OH is 1. The normalized spacial score (nSPS) is 14.8. The average Bonchev–Trinajstić information content (AvgIpc) is 2.41. The van der Waals surface area contributed by atoms with Crippen LogP contribution in [-0.4, -0.2) is 40.1 Å². The lowest BCUT2D eigenvalue weighted by atomic mass is 9.91. The lowest BCUT2D eigenvalue weighted by molar-refractivity contribution is 0.0557. The first-order chi connectivity index (χ1) is 9.67. The van der Waals surface area contributed by atoms with Crippen LogP contribution < -0.4 is 11.3 Å². The molecule has 1 aliphatic carbocycles. The highest BCUT2D eigenvalue weighted by molar-refractivity contribution is 6.33. The van der Waals surface area contributed by atoms with Gasteiger partial charge in [-0.1, -0.05) is 11.6 Å². The van der Waals surface area contributed by atoms with Crippen molar-refractivity contribution in [1.29, 1.82) is 0 Å². The maximum Gasteiger partial charge on any atom is 0.274 e. The van der Waals surface area contributed by atoms with Crippen molar-refractivity contribution in [3.05, 3.63) is 22.8 Å². The number of carbonyl (C=O) groups excluding carboxylic acids is 1. The van der Waals surface area contributed by atoms with Crippen LogP contribution in [0.3, 0.4) is 0 Å². The van der Waals surface area contributed by atoms with Crippen LogP contribution in [0.25, 0.3) is 0 Å². The van der Waals surface area contributed by atoms with Gasteiger partial charge in [-0.3, -0.25) is 4.79 Å². The molecule has 0 unspecified atom stereocenters. The van der Waals surface area contributed by atoms with Crippen LogP contribution >= 0.6 is 11.6 Å². The molecule has 0 atom stereocenters. The minimum Gasteiger partial charge on any atom is -0.396 e. The zero-order valence-corrected chi connectivity index (χ0v) is 11.9. The number of nitrogens with one attached hydrogen (secondary N) is 1. The fourth-order valence-corrected chi connectivity index (χ4v) is 2.38. The maximum absolute atomic E-state index is 12.6. The molecule has 0 bridgehead atoms. The zero-order chi connectivity index (χ0) is 14.5. The van der Waals surface area contributed by atoms with Gasteiger partial charge in [-0.15, -0.1) is 0 Å². The maximum atomic E-state index is 12.6. The number of pyridine rings is 1. The lowest BCUT2D eigenvalue weighted by Crippen LogP contribution is -2.45. The fourth-order valence-electron chi connectivity index (χ4n) is 2.20. The first-order valence-electron chi connectivity index (χ1n) is 6.72. The second-order valence-electron chi connectivity index (χ2n) is 4.83. The molecule has 1 aromatic rings. The molecule has 0 aliphatic heterocycles. The molecule has 0 aromatic carbocycles. The standard InChI is InChI=1S/C13H19ClN4O2/c14-10-5-6-11(17-15)16-12(10)13(20)18(7-2-8-19)9-3-1-4-9/h5-6,9,19H,1-4,7-8,15H2,(H,16,17). The smallest absolute Gasteiger partial charge is 0.274 e. The Labute approximate surface area is 122 Å². The number of aromatic nitrogens is 1. The van der Waals surface area contributed by atoms with E-state index < -0.39 is 0 Å². The Kier molecular flexibility index (Phi) is 5.17. The summed E-state index contributed by atoms with van der Waals surface area (Å²) in [4.78, 5) is 18.5. The van der Waals surface area contributed by atoms with Gasteiger partial charge in [-0.05, 0) is 37.8 Å². The Morgan fingerprint density at radius 2 is 2.30 bits per heavy atom. The van der Waals surface area contributed by atoms with Gasteiger partial charge in [0, 0.05) is 19.2 Å². The Bertz CT molecular complexity index is 479. The van der Waals surface area contributed by atoms with Crippen molar-refractivity contribution in [2.75, 3.05) is 18.6 Å². The first-order valence-corrected chi connectivity index (χ1v) is 7.10. The Morgan fingerprint density at radius 1 is 1.55 bits per heavy atom. The first kappa shape index (κ1) is 15.0. The summed E-state index contributed by atoms with van der Waals surface area (Å²) in [6.07, 6.45) is 3.65. The van der Waals surface area contributed by atoms with Crippen molar-refractivity contribution >= 4 is 23.3 Å².